The van der Waals surface area contributed by atoms with E-state index in [1.165, 1.54) is 25.7 Å². The lowest BCUT2D eigenvalue weighted by Gasteiger charge is -2.14. The van der Waals surface area contributed by atoms with Gasteiger partial charge >= 0.3 is 0 Å². The van der Waals surface area contributed by atoms with Crippen LogP contribution in [0.3, 0.4) is 0 Å². The molecular weight excluding hydrogens is 168 g/mol. The van der Waals surface area contributed by atoms with Crippen LogP contribution in [0.2, 0.25) is 0 Å². The minimum atomic E-state index is 0.327. The Kier molecular flexibility index (Phi) is 4.13. The average molecular weight is 186 g/mol. The second-order valence-corrected chi connectivity index (χ2v) is 5.50. The fourth-order valence-electron chi connectivity index (χ4n) is 1.81. The van der Waals surface area contributed by atoms with Gasteiger partial charge in [0.15, 0.2) is 0 Å². The van der Waals surface area contributed by atoms with E-state index >= 15 is 0 Å². The van der Waals surface area contributed by atoms with Gasteiger partial charge in [-0.2, -0.15) is 11.8 Å². The van der Waals surface area contributed by atoms with Crippen molar-refractivity contribution >= 4 is 17.5 Å². The van der Waals surface area contributed by atoms with Gasteiger partial charge in [-0.05, 0) is 19.8 Å². The van der Waals surface area contributed by atoms with Gasteiger partial charge in [-0.3, -0.25) is 4.79 Å². The van der Waals surface area contributed by atoms with Crippen molar-refractivity contribution in [1.82, 2.24) is 0 Å². The zero-order valence-electron chi connectivity index (χ0n) is 8.01. The summed E-state index contributed by atoms with van der Waals surface area (Å²) in [5.74, 6) is 0.327. The number of carbonyl (C=O) groups is 1. The predicted octanol–water partition coefficient (Wildman–Crippen LogP) is 3.03. The van der Waals surface area contributed by atoms with E-state index in [-0.39, 0.29) is 0 Å². The number of hydrogen-bond donors (Lipinski definition) is 0. The second kappa shape index (κ2) is 4.90. The molecule has 1 aliphatic carbocycles. The molecule has 0 heterocycles. The van der Waals surface area contributed by atoms with Crippen molar-refractivity contribution in [2.45, 2.75) is 56.5 Å². The fraction of sp³-hybridized carbons (Fsp3) is 0.900. The molecule has 0 bridgehead atoms. The predicted molar refractivity (Wildman–Crippen MR) is 54.6 cm³/mol. The van der Waals surface area contributed by atoms with Crippen molar-refractivity contribution in [3.63, 3.8) is 0 Å². The molecule has 0 amide bonds. The fourth-order valence-corrected chi connectivity index (χ4v) is 3.40. The average Bonchev–Trinajstić information content (AvgIpc) is 2.37. The normalized spacial score (nSPS) is 21.2. The number of thioether (sulfide) groups is 1. The molecule has 1 nitrogen and oxygen atoms in total. The van der Waals surface area contributed by atoms with Crippen molar-refractivity contribution in [2.24, 2.45) is 0 Å². The maximum atomic E-state index is 10.8. The van der Waals surface area contributed by atoms with Crippen LogP contribution in [0.15, 0.2) is 0 Å². The maximum absolute atomic E-state index is 10.8. The molecule has 1 atom stereocenters. The topological polar surface area (TPSA) is 17.1 Å². The first-order valence-electron chi connectivity index (χ1n) is 4.83. The number of hydrogen-bond acceptors (Lipinski definition) is 2. The molecule has 0 radical (unpaired) electrons. The van der Waals surface area contributed by atoms with E-state index in [2.05, 4.69) is 6.92 Å². The molecule has 2 heteroatoms. The Morgan fingerprint density at radius 2 is 2.08 bits per heavy atom. The summed E-state index contributed by atoms with van der Waals surface area (Å²) in [5, 5.41) is 1.38. The molecule has 1 aliphatic rings. The summed E-state index contributed by atoms with van der Waals surface area (Å²) in [4.78, 5) is 10.8. The van der Waals surface area contributed by atoms with Crippen molar-refractivity contribution < 1.29 is 4.79 Å². The molecule has 1 rings (SSSR count). The Morgan fingerprint density at radius 3 is 2.58 bits per heavy atom. The highest BCUT2D eigenvalue weighted by molar-refractivity contribution is 8.00. The van der Waals surface area contributed by atoms with Gasteiger partial charge in [0, 0.05) is 16.9 Å². The summed E-state index contributed by atoms with van der Waals surface area (Å²) >= 11 is 2.01. The summed E-state index contributed by atoms with van der Waals surface area (Å²) in [7, 11) is 0. The van der Waals surface area contributed by atoms with E-state index in [1.807, 2.05) is 11.8 Å². The van der Waals surface area contributed by atoms with Crippen molar-refractivity contribution in [3.05, 3.63) is 0 Å². The van der Waals surface area contributed by atoms with E-state index < -0.39 is 0 Å². The SMILES string of the molecule is CC(=O)C[C@@H](C)SC1CCCC1. The van der Waals surface area contributed by atoms with Crippen molar-refractivity contribution in [3.8, 4) is 0 Å². The molecule has 70 valence electrons. The third kappa shape index (κ3) is 3.61. The lowest BCUT2D eigenvalue weighted by atomic mass is 10.2. The first-order valence-corrected chi connectivity index (χ1v) is 5.77. The molecule has 0 saturated heterocycles. The third-order valence-corrected chi connectivity index (χ3v) is 3.79. The number of Topliss-reactive ketones (excluding diaryl/α,β-unsaturated/α-hetero) is 1. The minimum Gasteiger partial charge on any atom is -0.300 e. The molecule has 12 heavy (non-hydrogen) atoms. The maximum Gasteiger partial charge on any atom is 0.130 e. The first kappa shape index (κ1) is 10.1. The highest BCUT2D eigenvalue weighted by atomic mass is 32.2. The van der Waals surface area contributed by atoms with Crippen LogP contribution in [0, 0.1) is 0 Å². The van der Waals surface area contributed by atoms with Crippen molar-refractivity contribution in [1.29, 1.82) is 0 Å². The smallest absolute Gasteiger partial charge is 0.130 e. The molecule has 0 aromatic heterocycles. The largest absolute Gasteiger partial charge is 0.300 e. The second-order valence-electron chi connectivity index (χ2n) is 3.76. The van der Waals surface area contributed by atoms with Crippen LogP contribution >= 0.6 is 11.8 Å². The standard InChI is InChI=1S/C10H18OS/c1-8(11)7-9(2)12-10-5-3-4-6-10/h9-10H,3-7H2,1-2H3/t9-/m1/s1. The Bertz CT molecular complexity index is 150. The van der Waals surface area contributed by atoms with Crippen LogP contribution in [0.1, 0.15) is 46.0 Å². The highest BCUT2D eigenvalue weighted by Crippen LogP contribution is 2.33. The molecule has 0 aliphatic heterocycles. The molecule has 0 aromatic rings. The van der Waals surface area contributed by atoms with Crippen LogP contribution < -0.4 is 0 Å². The van der Waals surface area contributed by atoms with E-state index in [1.54, 1.807) is 6.92 Å². The molecule has 0 unspecified atom stereocenters. The zero-order valence-corrected chi connectivity index (χ0v) is 8.82. The molecule has 1 saturated carbocycles. The van der Waals surface area contributed by atoms with E-state index in [4.69, 9.17) is 0 Å². The monoisotopic (exact) mass is 186 g/mol. The molecule has 0 aromatic carbocycles. The number of ketones is 1. The summed E-state index contributed by atoms with van der Waals surface area (Å²) in [6.45, 7) is 3.86. The highest BCUT2D eigenvalue weighted by Gasteiger charge is 2.18. The third-order valence-electron chi connectivity index (χ3n) is 2.30. The molecule has 1 fully saturated rings. The van der Waals surface area contributed by atoms with E-state index in [0.717, 1.165) is 11.7 Å². The number of rotatable bonds is 4. The van der Waals surface area contributed by atoms with Crippen LogP contribution in [0.5, 0.6) is 0 Å². The lowest BCUT2D eigenvalue weighted by molar-refractivity contribution is -0.116. The van der Waals surface area contributed by atoms with Crippen molar-refractivity contribution in [2.75, 3.05) is 0 Å². The molecular formula is C10H18OS. The van der Waals surface area contributed by atoms with E-state index in [0.29, 0.717) is 11.0 Å². The van der Waals surface area contributed by atoms with Gasteiger partial charge in [0.05, 0.1) is 0 Å². The molecule has 0 N–H and O–H groups in total. The van der Waals surface area contributed by atoms with Gasteiger partial charge in [-0.25, -0.2) is 0 Å². The first-order chi connectivity index (χ1) is 5.68. The molecule has 0 spiro atoms. The van der Waals surface area contributed by atoms with Gasteiger partial charge in [0.1, 0.15) is 5.78 Å². The van der Waals surface area contributed by atoms with E-state index in [9.17, 15) is 4.79 Å². The van der Waals surface area contributed by atoms with Gasteiger partial charge in [-0.15, -0.1) is 0 Å². The van der Waals surface area contributed by atoms with Crippen LogP contribution in [0.25, 0.3) is 0 Å². The summed E-state index contributed by atoms with van der Waals surface area (Å²) in [5.41, 5.74) is 0. The Balaban J connectivity index is 2.16. The minimum absolute atomic E-state index is 0.327. The van der Waals surface area contributed by atoms with Crippen LogP contribution in [-0.2, 0) is 4.79 Å². The van der Waals surface area contributed by atoms with Gasteiger partial charge in [0.2, 0.25) is 0 Å². The summed E-state index contributed by atoms with van der Waals surface area (Å²) in [6, 6.07) is 0. The van der Waals surface area contributed by atoms with Gasteiger partial charge < -0.3 is 0 Å². The lowest BCUT2D eigenvalue weighted by Crippen LogP contribution is -2.08. The Morgan fingerprint density at radius 1 is 1.50 bits per heavy atom. The van der Waals surface area contributed by atoms with Gasteiger partial charge in [0.25, 0.3) is 0 Å². The van der Waals surface area contributed by atoms with Gasteiger partial charge in [-0.1, -0.05) is 19.8 Å². The van der Waals surface area contributed by atoms with Crippen LogP contribution in [0.4, 0.5) is 0 Å². The Labute approximate surface area is 79.3 Å². The quantitative estimate of drug-likeness (QED) is 0.671. The zero-order chi connectivity index (χ0) is 8.97. The summed E-state index contributed by atoms with van der Waals surface area (Å²) in [6.07, 6.45) is 6.27. The Hall–Kier alpha value is 0.0200. The summed E-state index contributed by atoms with van der Waals surface area (Å²) < 4.78 is 0. The number of carbonyl (C=O) groups excluding carboxylic acids is 1. The van der Waals surface area contributed by atoms with Crippen LogP contribution in [-0.4, -0.2) is 16.3 Å².